The molecule has 0 saturated heterocycles. The highest BCUT2D eigenvalue weighted by atomic mass is 16.3. The predicted octanol–water partition coefficient (Wildman–Crippen LogP) is 1.04. The van der Waals surface area contributed by atoms with Gasteiger partial charge in [-0.05, 0) is 61.4 Å². The molecule has 2 unspecified atom stereocenters. The van der Waals surface area contributed by atoms with Crippen LogP contribution in [0.15, 0.2) is 67.0 Å². The van der Waals surface area contributed by atoms with Gasteiger partial charge < -0.3 is 19.8 Å². The van der Waals surface area contributed by atoms with Crippen molar-refractivity contribution in [3.63, 3.8) is 0 Å². The van der Waals surface area contributed by atoms with Gasteiger partial charge in [0.15, 0.2) is 0 Å². The van der Waals surface area contributed by atoms with Crippen molar-refractivity contribution in [2.45, 2.75) is 37.9 Å². The van der Waals surface area contributed by atoms with E-state index in [1.54, 1.807) is 24.3 Å². The first-order valence-corrected chi connectivity index (χ1v) is 9.46. The molecule has 3 heterocycles. The van der Waals surface area contributed by atoms with Crippen molar-refractivity contribution < 1.29 is 19.8 Å². The van der Waals surface area contributed by atoms with Gasteiger partial charge in [-0.15, -0.1) is 0 Å². The molecule has 0 radical (unpaired) electrons. The highest BCUT2D eigenvalue weighted by molar-refractivity contribution is 5.78. The van der Waals surface area contributed by atoms with E-state index in [1.165, 1.54) is 56.6 Å². The molecule has 154 valence electrons. The van der Waals surface area contributed by atoms with Crippen LogP contribution in [0, 0.1) is 0 Å². The molecule has 3 aromatic heterocycles. The molecule has 3 rings (SSSR count). The third kappa shape index (κ3) is 4.32. The Morgan fingerprint density at radius 2 is 1.10 bits per heavy atom. The van der Waals surface area contributed by atoms with Gasteiger partial charge in [0, 0.05) is 48.0 Å². The molecule has 0 aliphatic rings. The molecule has 0 aliphatic carbocycles. The normalized spacial score (nSPS) is 15.1. The molecule has 2 atom stereocenters. The maximum absolute atomic E-state index is 13.8. The van der Waals surface area contributed by atoms with E-state index >= 15 is 0 Å². The number of nitrogens with zero attached hydrogens (tertiary/aromatic N) is 3. The average molecular weight is 403 g/mol. The molecule has 0 N–H and O–H groups in total. The largest absolute Gasteiger partial charge is 0.840 e. The second kappa shape index (κ2) is 8.61. The van der Waals surface area contributed by atoms with Gasteiger partial charge in [0.25, 0.3) is 0 Å². The Bertz CT molecular complexity index is 962. The highest BCUT2D eigenvalue weighted by Gasteiger charge is 2.30. The van der Waals surface area contributed by atoms with E-state index < -0.39 is 11.2 Å². The Labute approximate surface area is 174 Å². The second-order valence-corrected chi connectivity index (χ2v) is 7.25. The van der Waals surface area contributed by atoms with Gasteiger partial charge in [0.05, 0.1) is 0 Å². The van der Waals surface area contributed by atoms with Crippen molar-refractivity contribution in [1.82, 2.24) is 15.0 Å². The summed E-state index contributed by atoms with van der Waals surface area (Å²) in [7, 11) is 0. The zero-order chi connectivity index (χ0) is 21.8. The average Bonchev–Trinajstić information content (AvgIpc) is 2.74. The molecular formula is C23H21N3O4-2. The third-order valence-electron chi connectivity index (χ3n) is 4.73. The fourth-order valence-corrected chi connectivity index (χ4v) is 3.41. The standard InChI is InChI=1S/C23H21N3O4/c1-16(27)14-22(29,18-8-3-5-12-24-18)20-10-7-11-21(26-20)23(30,15-17(2)28)19-9-4-6-13-25-19/h3-13H,14-15H2,1-2H3/q-2. The van der Waals surface area contributed by atoms with Gasteiger partial charge >= 0.3 is 0 Å². The molecule has 7 nitrogen and oxygen atoms in total. The van der Waals surface area contributed by atoms with E-state index in [0.717, 1.165) is 0 Å². The molecular weight excluding hydrogens is 382 g/mol. The summed E-state index contributed by atoms with van der Waals surface area (Å²) < 4.78 is 0. The van der Waals surface area contributed by atoms with Gasteiger partial charge in [0.2, 0.25) is 0 Å². The van der Waals surface area contributed by atoms with Crippen molar-refractivity contribution in [2.75, 3.05) is 0 Å². The summed E-state index contributed by atoms with van der Waals surface area (Å²) >= 11 is 0. The maximum Gasteiger partial charge on any atom is 0.129 e. The first-order chi connectivity index (χ1) is 14.3. The quantitative estimate of drug-likeness (QED) is 0.551. The van der Waals surface area contributed by atoms with Gasteiger partial charge in [0.1, 0.15) is 11.6 Å². The first-order valence-electron chi connectivity index (χ1n) is 9.46. The smallest absolute Gasteiger partial charge is 0.129 e. The molecule has 3 aromatic rings. The van der Waals surface area contributed by atoms with E-state index in [0.29, 0.717) is 0 Å². The van der Waals surface area contributed by atoms with Gasteiger partial charge in [-0.25, -0.2) is 0 Å². The van der Waals surface area contributed by atoms with Crippen LogP contribution < -0.4 is 10.2 Å². The Morgan fingerprint density at radius 1 is 0.700 bits per heavy atom. The van der Waals surface area contributed by atoms with Crippen LogP contribution in [0.5, 0.6) is 0 Å². The zero-order valence-corrected chi connectivity index (χ0v) is 16.7. The topological polar surface area (TPSA) is 119 Å². The van der Waals surface area contributed by atoms with Crippen LogP contribution >= 0.6 is 0 Å². The van der Waals surface area contributed by atoms with Gasteiger partial charge in [-0.2, -0.15) is 0 Å². The number of aromatic nitrogens is 3. The number of ketones is 2. The molecule has 0 aromatic carbocycles. The van der Waals surface area contributed by atoms with E-state index in [1.807, 2.05) is 0 Å². The molecule has 0 bridgehead atoms. The molecule has 30 heavy (non-hydrogen) atoms. The van der Waals surface area contributed by atoms with Gasteiger partial charge in [-0.3, -0.25) is 15.0 Å². The molecule has 7 heteroatoms. The van der Waals surface area contributed by atoms with Crippen molar-refractivity contribution in [3.05, 3.63) is 89.8 Å². The summed E-state index contributed by atoms with van der Waals surface area (Å²) in [6, 6.07) is 14.2. The SMILES string of the molecule is CC(=O)CC([O-])(c1ccccn1)c1cccc(C([O-])(CC(C)=O)c2ccccn2)n1. The summed E-state index contributed by atoms with van der Waals surface area (Å²) in [6.07, 6.45) is 2.19. The van der Waals surface area contributed by atoms with Crippen molar-refractivity contribution >= 4 is 11.6 Å². The van der Waals surface area contributed by atoms with Crippen molar-refractivity contribution in [3.8, 4) is 0 Å². The number of rotatable bonds is 8. The number of carbonyl (C=O) groups excluding carboxylic acids is 2. The Morgan fingerprint density at radius 3 is 1.43 bits per heavy atom. The highest BCUT2D eigenvalue weighted by Crippen LogP contribution is 2.32. The lowest BCUT2D eigenvalue weighted by Crippen LogP contribution is -2.48. The first kappa shape index (κ1) is 21.4. The maximum atomic E-state index is 13.8. The van der Waals surface area contributed by atoms with E-state index in [-0.39, 0.29) is 47.2 Å². The van der Waals surface area contributed by atoms with E-state index in [4.69, 9.17) is 0 Å². The van der Waals surface area contributed by atoms with Crippen LogP contribution in [0.25, 0.3) is 0 Å². The molecule has 0 fully saturated rings. The minimum atomic E-state index is -2.07. The summed E-state index contributed by atoms with van der Waals surface area (Å²) in [5.41, 5.74) is -3.88. The number of pyridine rings is 3. The fourth-order valence-electron chi connectivity index (χ4n) is 3.41. The lowest BCUT2D eigenvalue weighted by molar-refractivity contribution is -0.475. The van der Waals surface area contributed by atoms with E-state index in [2.05, 4.69) is 15.0 Å². The van der Waals surface area contributed by atoms with Crippen molar-refractivity contribution in [2.24, 2.45) is 0 Å². The molecule has 0 aliphatic heterocycles. The lowest BCUT2D eigenvalue weighted by Gasteiger charge is -2.42. The Balaban J connectivity index is 2.17. The Hall–Kier alpha value is -3.29. The van der Waals surface area contributed by atoms with Crippen LogP contribution in [0.4, 0.5) is 0 Å². The third-order valence-corrected chi connectivity index (χ3v) is 4.73. The minimum Gasteiger partial charge on any atom is -0.840 e. The second-order valence-electron chi connectivity index (χ2n) is 7.25. The van der Waals surface area contributed by atoms with Crippen LogP contribution in [0.1, 0.15) is 49.5 Å². The van der Waals surface area contributed by atoms with Gasteiger partial charge in [-0.1, -0.05) is 18.2 Å². The number of hydrogen-bond acceptors (Lipinski definition) is 7. The van der Waals surface area contributed by atoms with Crippen LogP contribution in [-0.2, 0) is 20.8 Å². The fraction of sp³-hybridized carbons (Fsp3) is 0.261. The van der Waals surface area contributed by atoms with E-state index in [9.17, 15) is 19.8 Å². The minimum absolute atomic E-state index is 0.00592. The van der Waals surface area contributed by atoms with Crippen LogP contribution in [0.3, 0.4) is 0 Å². The van der Waals surface area contributed by atoms with Crippen LogP contribution in [0.2, 0.25) is 0 Å². The predicted molar refractivity (Wildman–Crippen MR) is 105 cm³/mol. The molecule has 0 spiro atoms. The summed E-state index contributed by atoms with van der Waals surface area (Å²) in [5, 5.41) is 27.6. The number of Topliss-reactive ketones (excluding diaryl/α,β-unsaturated/α-hetero) is 2. The molecule has 0 saturated carbocycles. The van der Waals surface area contributed by atoms with Crippen molar-refractivity contribution in [1.29, 1.82) is 0 Å². The monoisotopic (exact) mass is 403 g/mol. The lowest BCUT2D eigenvalue weighted by atomic mass is 9.86. The molecule has 0 amide bonds. The van der Waals surface area contributed by atoms with Crippen LogP contribution in [-0.4, -0.2) is 26.5 Å². The zero-order valence-electron chi connectivity index (χ0n) is 16.7. The number of carbonyl (C=O) groups is 2. The Kier molecular flexibility index (Phi) is 6.14. The summed E-state index contributed by atoms with van der Waals surface area (Å²) in [4.78, 5) is 36.4. The summed E-state index contributed by atoms with van der Waals surface area (Å²) in [6.45, 7) is 2.64. The number of hydrogen-bond donors (Lipinski definition) is 0. The summed E-state index contributed by atoms with van der Waals surface area (Å²) in [5.74, 6) is -0.658.